The number of amides is 3. The van der Waals surface area contributed by atoms with Crippen molar-refractivity contribution >= 4 is 35.1 Å². The molecule has 0 saturated carbocycles. The highest BCUT2D eigenvalue weighted by Crippen LogP contribution is 2.34. The Hall–Kier alpha value is -3.46. The van der Waals surface area contributed by atoms with Gasteiger partial charge in [-0.15, -0.1) is 0 Å². The maximum atomic E-state index is 13.6. The summed E-state index contributed by atoms with van der Waals surface area (Å²) in [6.45, 7) is 3.50. The lowest BCUT2D eigenvalue weighted by atomic mass is 10.0. The van der Waals surface area contributed by atoms with Crippen molar-refractivity contribution in [3.63, 3.8) is 0 Å². The molecule has 8 nitrogen and oxygen atoms in total. The zero-order valence-corrected chi connectivity index (χ0v) is 15.1. The minimum Gasteiger partial charge on any atom is -0.358 e. The molecule has 2 aliphatic rings. The van der Waals surface area contributed by atoms with Crippen LogP contribution in [0.1, 0.15) is 32.9 Å². The van der Waals surface area contributed by atoms with Crippen molar-refractivity contribution in [3.8, 4) is 0 Å². The van der Waals surface area contributed by atoms with Crippen LogP contribution in [-0.4, -0.2) is 35.4 Å². The van der Waals surface area contributed by atoms with E-state index >= 15 is 0 Å². The molecule has 9 heteroatoms. The quantitative estimate of drug-likeness (QED) is 0.600. The third-order valence-corrected chi connectivity index (χ3v) is 4.80. The predicted molar refractivity (Wildman–Crippen MR) is 98.5 cm³/mol. The van der Waals surface area contributed by atoms with E-state index in [1.54, 1.807) is 19.9 Å². The fourth-order valence-electron chi connectivity index (χ4n) is 3.39. The zero-order chi connectivity index (χ0) is 20.0. The molecule has 4 rings (SSSR count). The Morgan fingerprint density at radius 3 is 2.82 bits per heavy atom. The van der Waals surface area contributed by atoms with Gasteiger partial charge < -0.3 is 15.6 Å². The first kappa shape index (κ1) is 17.9. The molecule has 1 aromatic heterocycles. The highest BCUT2D eigenvalue weighted by molar-refractivity contribution is 6.34. The van der Waals surface area contributed by atoms with Gasteiger partial charge in [-0.05, 0) is 43.7 Å². The van der Waals surface area contributed by atoms with Gasteiger partial charge in [-0.25, -0.2) is 9.87 Å². The van der Waals surface area contributed by atoms with Crippen molar-refractivity contribution in [1.29, 1.82) is 0 Å². The van der Waals surface area contributed by atoms with Gasteiger partial charge >= 0.3 is 0 Å². The number of carbonyl (C=O) groups excluding carboxylic acids is 3. The van der Waals surface area contributed by atoms with Crippen LogP contribution in [0, 0.1) is 19.7 Å². The number of anilines is 1. The first-order valence-corrected chi connectivity index (χ1v) is 8.60. The molecular weight excluding hydrogens is 367 g/mol. The lowest BCUT2D eigenvalue weighted by molar-refractivity contribution is -0.125. The maximum Gasteiger partial charge on any atom is 0.268 e. The number of carbonyl (C=O) groups is 3. The Morgan fingerprint density at radius 1 is 1.32 bits per heavy atom. The summed E-state index contributed by atoms with van der Waals surface area (Å²) in [5.41, 5.74) is 5.60. The molecule has 2 aliphatic heterocycles. The number of hydrogen-bond acceptors (Lipinski definition) is 4. The summed E-state index contributed by atoms with van der Waals surface area (Å²) >= 11 is 0. The summed E-state index contributed by atoms with van der Waals surface area (Å²) in [6.07, 6.45) is 1.59. The summed E-state index contributed by atoms with van der Waals surface area (Å²) in [6, 6.07) is 3.30. The summed E-state index contributed by atoms with van der Waals surface area (Å²) in [4.78, 5) is 44.4. The molecule has 1 aromatic carbocycles. The Morgan fingerprint density at radius 2 is 2.11 bits per heavy atom. The molecule has 4 N–H and O–H groups in total. The van der Waals surface area contributed by atoms with Gasteiger partial charge in [0.2, 0.25) is 0 Å². The molecule has 0 spiro atoms. The van der Waals surface area contributed by atoms with E-state index in [2.05, 4.69) is 21.1 Å². The Kier molecular flexibility index (Phi) is 4.23. The van der Waals surface area contributed by atoms with E-state index in [0.29, 0.717) is 39.3 Å². The van der Waals surface area contributed by atoms with E-state index in [0.717, 1.165) is 0 Å². The standard InChI is InChI=1S/C19H17FN4O4/c1-8-14(6-12-11-5-10(20)3-4-13(11)22-17(12)25)21-9(2)16(8)19(27)23-15-7-28-24-18(15)26/h3-6,15,21H,7H2,1-2H3,(H,22,25)(H,23,27)(H,24,26)/b12-6-/t15-/m1/s1. The number of halogens is 1. The molecule has 3 heterocycles. The lowest BCUT2D eigenvalue weighted by Gasteiger charge is -2.09. The van der Waals surface area contributed by atoms with Gasteiger partial charge in [0.25, 0.3) is 17.7 Å². The van der Waals surface area contributed by atoms with Gasteiger partial charge in [0.15, 0.2) is 0 Å². The van der Waals surface area contributed by atoms with Crippen molar-refractivity contribution in [1.82, 2.24) is 15.8 Å². The number of fused-ring (bicyclic) bond motifs is 1. The number of rotatable bonds is 3. The third-order valence-electron chi connectivity index (χ3n) is 4.80. The monoisotopic (exact) mass is 384 g/mol. The summed E-state index contributed by atoms with van der Waals surface area (Å²) in [5.74, 6) is -1.64. The van der Waals surface area contributed by atoms with Crippen LogP contribution in [0.3, 0.4) is 0 Å². The van der Waals surface area contributed by atoms with Crippen molar-refractivity contribution in [2.45, 2.75) is 19.9 Å². The SMILES string of the molecule is Cc1[nH]c(/C=C2\C(=O)Nc3ccc(F)cc32)c(C)c1C(=O)N[C@@H]1CONC1=O. The molecule has 28 heavy (non-hydrogen) atoms. The second-order valence-electron chi connectivity index (χ2n) is 6.67. The molecule has 144 valence electrons. The zero-order valence-electron chi connectivity index (χ0n) is 15.1. The van der Waals surface area contributed by atoms with Crippen LogP contribution in [0.2, 0.25) is 0 Å². The van der Waals surface area contributed by atoms with E-state index < -0.39 is 23.7 Å². The second kappa shape index (κ2) is 6.61. The number of hydrogen-bond donors (Lipinski definition) is 4. The maximum absolute atomic E-state index is 13.6. The average Bonchev–Trinajstić information content (AvgIpc) is 3.26. The van der Waals surface area contributed by atoms with Crippen molar-refractivity contribution in [2.24, 2.45) is 0 Å². The fraction of sp³-hybridized carbons (Fsp3) is 0.211. The molecule has 2 aromatic rings. The average molecular weight is 384 g/mol. The number of H-pyrrole nitrogens is 1. The summed E-state index contributed by atoms with van der Waals surface area (Å²) in [7, 11) is 0. The first-order valence-electron chi connectivity index (χ1n) is 8.60. The second-order valence-corrected chi connectivity index (χ2v) is 6.67. The number of aryl methyl sites for hydroxylation is 1. The highest BCUT2D eigenvalue weighted by Gasteiger charge is 2.30. The molecule has 1 saturated heterocycles. The Labute approximate surface area is 159 Å². The van der Waals surface area contributed by atoms with Gasteiger partial charge in [0.1, 0.15) is 18.5 Å². The van der Waals surface area contributed by atoms with Crippen LogP contribution in [-0.2, 0) is 14.4 Å². The first-order chi connectivity index (χ1) is 13.3. The number of aromatic nitrogens is 1. The van der Waals surface area contributed by atoms with E-state index in [1.807, 2.05) is 0 Å². The Bertz CT molecular complexity index is 1060. The molecule has 0 bridgehead atoms. The van der Waals surface area contributed by atoms with Crippen LogP contribution in [0.25, 0.3) is 11.6 Å². The number of nitrogens with one attached hydrogen (secondary N) is 4. The van der Waals surface area contributed by atoms with Crippen LogP contribution < -0.4 is 16.1 Å². The molecule has 0 radical (unpaired) electrons. The lowest BCUT2D eigenvalue weighted by Crippen LogP contribution is -2.41. The normalized spacial score (nSPS) is 19.5. The molecule has 0 unspecified atom stereocenters. The molecule has 3 amide bonds. The largest absolute Gasteiger partial charge is 0.358 e. The van der Waals surface area contributed by atoms with Crippen LogP contribution in [0.4, 0.5) is 10.1 Å². The van der Waals surface area contributed by atoms with E-state index in [1.165, 1.54) is 18.2 Å². The summed E-state index contributed by atoms with van der Waals surface area (Å²) < 4.78 is 13.6. The predicted octanol–water partition coefficient (Wildman–Crippen LogP) is 1.42. The topological polar surface area (TPSA) is 112 Å². The fourth-order valence-corrected chi connectivity index (χ4v) is 3.39. The number of benzene rings is 1. The van der Waals surface area contributed by atoms with Crippen LogP contribution >= 0.6 is 0 Å². The number of aromatic amines is 1. The van der Waals surface area contributed by atoms with Crippen molar-refractivity contribution in [2.75, 3.05) is 11.9 Å². The molecular formula is C19H17FN4O4. The van der Waals surface area contributed by atoms with Crippen molar-refractivity contribution < 1.29 is 23.6 Å². The van der Waals surface area contributed by atoms with Crippen molar-refractivity contribution in [3.05, 3.63) is 52.1 Å². The molecule has 1 atom stereocenters. The van der Waals surface area contributed by atoms with Crippen LogP contribution in [0.5, 0.6) is 0 Å². The van der Waals surface area contributed by atoms with Gasteiger partial charge in [0, 0.05) is 22.6 Å². The number of hydroxylamine groups is 1. The van der Waals surface area contributed by atoms with Gasteiger partial charge in [0.05, 0.1) is 11.1 Å². The molecule has 1 fully saturated rings. The van der Waals surface area contributed by atoms with E-state index in [-0.39, 0.29) is 12.5 Å². The van der Waals surface area contributed by atoms with E-state index in [4.69, 9.17) is 4.84 Å². The van der Waals surface area contributed by atoms with Gasteiger partial charge in [-0.2, -0.15) is 0 Å². The third kappa shape index (κ3) is 2.95. The van der Waals surface area contributed by atoms with Gasteiger partial charge in [-0.3, -0.25) is 19.2 Å². The minimum absolute atomic E-state index is 0.0481. The smallest absolute Gasteiger partial charge is 0.268 e. The summed E-state index contributed by atoms with van der Waals surface area (Å²) in [5, 5.41) is 5.31. The minimum atomic E-state index is -0.765. The highest BCUT2D eigenvalue weighted by atomic mass is 19.1. The van der Waals surface area contributed by atoms with Gasteiger partial charge in [-0.1, -0.05) is 0 Å². The van der Waals surface area contributed by atoms with Crippen LogP contribution in [0.15, 0.2) is 18.2 Å². The molecule has 0 aliphatic carbocycles. The Balaban J connectivity index is 1.68. The van der Waals surface area contributed by atoms with E-state index in [9.17, 15) is 18.8 Å².